The first-order valence-electron chi connectivity index (χ1n) is 2.06. The second-order valence-corrected chi connectivity index (χ2v) is 7.02. The third-order valence-electron chi connectivity index (χ3n) is 0.559. The van der Waals surface area contributed by atoms with Gasteiger partial charge < -0.3 is 0 Å². The van der Waals surface area contributed by atoms with Crippen molar-refractivity contribution >= 4 is 14.7 Å². The third-order valence-corrected chi connectivity index (χ3v) is 2.90. The van der Waals surface area contributed by atoms with E-state index in [0.717, 1.165) is 0 Å². The molecule has 37 valence electrons. The molecule has 2 heteroatoms. The fraction of sp³-hybridized carbons (Fsp3) is 1.00. The number of hydrogen-bond acceptors (Lipinski definition) is 0. The molecule has 0 aromatic heterocycles. The average Bonchev–Trinajstić information content (AvgIpc) is 1.35. The number of nitrogens with one attached hydrogen (secondary N) is 1. The van der Waals surface area contributed by atoms with Crippen LogP contribution in [0.1, 0.15) is 0 Å². The van der Waals surface area contributed by atoms with Gasteiger partial charge in [-0.2, -0.15) is 0 Å². The molecule has 0 atom stereocenters. The van der Waals surface area contributed by atoms with Gasteiger partial charge in [-0.25, -0.2) is 0 Å². The van der Waals surface area contributed by atoms with Crippen LogP contribution in [-0.2, 0) is 0 Å². The molecular weight excluding hydrogens is 137 g/mol. The SMILES string of the molecule is C[As](C)CC[NH]. The summed E-state index contributed by atoms with van der Waals surface area (Å²) >= 11 is -0.411. The summed E-state index contributed by atoms with van der Waals surface area (Å²) in [6, 6.07) is 0. The van der Waals surface area contributed by atoms with Crippen LogP contribution in [0.3, 0.4) is 0 Å². The third kappa shape index (κ3) is 4.52. The first kappa shape index (κ1) is 6.52. The Hall–Kier alpha value is 0.518. The van der Waals surface area contributed by atoms with E-state index in [9.17, 15) is 0 Å². The molecule has 0 heterocycles. The minimum absolute atomic E-state index is 0.411. The Morgan fingerprint density at radius 3 is 2.00 bits per heavy atom. The van der Waals surface area contributed by atoms with Gasteiger partial charge in [-0.3, -0.25) is 0 Å². The zero-order chi connectivity index (χ0) is 4.99. The summed E-state index contributed by atoms with van der Waals surface area (Å²) < 4.78 is 0. The molecule has 0 amide bonds. The molecule has 0 aromatic carbocycles. The van der Waals surface area contributed by atoms with Gasteiger partial charge in [0.25, 0.3) is 0 Å². The van der Waals surface area contributed by atoms with Gasteiger partial charge in [-0.15, -0.1) is 0 Å². The summed E-state index contributed by atoms with van der Waals surface area (Å²) in [5.41, 5.74) is 11.3. The Labute approximate surface area is 44.2 Å². The van der Waals surface area contributed by atoms with E-state index in [1.54, 1.807) is 0 Å². The summed E-state index contributed by atoms with van der Waals surface area (Å²) in [5.74, 6) is 0. The minimum atomic E-state index is -0.411. The standard InChI is InChI=1S/C4H11AsN/c1-5(2)3-4-6/h6H,3-4H2,1-2H3. The second kappa shape index (κ2) is 3.70. The fourth-order valence-electron chi connectivity index (χ4n) is 0.224. The van der Waals surface area contributed by atoms with E-state index in [1.807, 2.05) is 0 Å². The van der Waals surface area contributed by atoms with E-state index in [0.29, 0.717) is 6.54 Å². The quantitative estimate of drug-likeness (QED) is 0.522. The molecule has 0 saturated carbocycles. The van der Waals surface area contributed by atoms with Gasteiger partial charge in [-0.05, 0) is 0 Å². The Morgan fingerprint density at radius 2 is 2.00 bits per heavy atom. The molecule has 0 aliphatic rings. The zero-order valence-electron chi connectivity index (χ0n) is 4.36. The normalized spacial score (nSPS) is 10.0. The number of rotatable bonds is 2. The average molecular weight is 148 g/mol. The predicted octanol–water partition coefficient (Wildman–Crippen LogP) is 1.02. The molecule has 0 aliphatic carbocycles. The molecule has 0 bridgehead atoms. The van der Waals surface area contributed by atoms with Gasteiger partial charge in [0.15, 0.2) is 0 Å². The Bertz CT molecular complexity index is 28.7. The molecule has 0 unspecified atom stereocenters. The first-order chi connectivity index (χ1) is 2.77. The maximum absolute atomic E-state index is 6.77. The van der Waals surface area contributed by atoms with Crippen molar-refractivity contribution in [3.63, 3.8) is 0 Å². The van der Waals surface area contributed by atoms with E-state index < -0.39 is 14.7 Å². The summed E-state index contributed by atoms with van der Waals surface area (Å²) in [4.78, 5) is 0. The van der Waals surface area contributed by atoms with E-state index in [4.69, 9.17) is 5.73 Å². The van der Waals surface area contributed by atoms with Crippen molar-refractivity contribution in [2.45, 2.75) is 16.6 Å². The van der Waals surface area contributed by atoms with Crippen LogP contribution in [0.25, 0.3) is 0 Å². The first-order valence-corrected chi connectivity index (χ1v) is 7.14. The van der Waals surface area contributed by atoms with Gasteiger partial charge in [0.1, 0.15) is 0 Å². The molecule has 1 radical (unpaired) electrons. The molecular formula is C4H11AsN. The Balaban J connectivity index is 2.63. The van der Waals surface area contributed by atoms with Crippen molar-refractivity contribution in [2.75, 3.05) is 6.54 Å². The summed E-state index contributed by atoms with van der Waals surface area (Å²) in [6.07, 6.45) is 0. The van der Waals surface area contributed by atoms with Crippen molar-refractivity contribution in [2.24, 2.45) is 0 Å². The molecule has 0 aromatic rings. The van der Waals surface area contributed by atoms with Crippen LogP contribution >= 0.6 is 0 Å². The van der Waals surface area contributed by atoms with Crippen molar-refractivity contribution < 1.29 is 0 Å². The van der Waals surface area contributed by atoms with Crippen molar-refractivity contribution in [1.29, 1.82) is 0 Å². The van der Waals surface area contributed by atoms with Gasteiger partial charge in [0, 0.05) is 0 Å². The van der Waals surface area contributed by atoms with Crippen LogP contribution in [0.5, 0.6) is 0 Å². The van der Waals surface area contributed by atoms with E-state index in [1.165, 1.54) is 5.21 Å². The van der Waals surface area contributed by atoms with Crippen LogP contribution in [0, 0.1) is 0 Å². The van der Waals surface area contributed by atoms with Crippen molar-refractivity contribution in [1.82, 2.24) is 5.73 Å². The van der Waals surface area contributed by atoms with Crippen LogP contribution in [0.2, 0.25) is 16.6 Å². The molecule has 6 heavy (non-hydrogen) atoms. The molecule has 0 fully saturated rings. The second-order valence-electron chi connectivity index (χ2n) is 1.55. The number of hydrogen-bond donors (Lipinski definition) is 0. The van der Waals surface area contributed by atoms with E-state index >= 15 is 0 Å². The van der Waals surface area contributed by atoms with Gasteiger partial charge >= 0.3 is 43.6 Å². The molecule has 1 N–H and O–H groups in total. The van der Waals surface area contributed by atoms with Crippen LogP contribution in [0.4, 0.5) is 0 Å². The maximum atomic E-state index is 6.77. The van der Waals surface area contributed by atoms with Gasteiger partial charge in [-0.1, -0.05) is 0 Å². The molecule has 1 nitrogen and oxygen atoms in total. The van der Waals surface area contributed by atoms with Crippen molar-refractivity contribution in [3.05, 3.63) is 0 Å². The molecule has 0 aliphatic heterocycles. The zero-order valence-corrected chi connectivity index (χ0v) is 6.24. The monoisotopic (exact) mass is 148 g/mol. The molecule has 0 saturated heterocycles. The molecule has 0 rings (SSSR count). The summed E-state index contributed by atoms with van der Waals surface area (Å²) in [5, 5.41) is 1.19. The van der Waals surface area contributed by atoms with E-state index in [2.05, 4.69) is 11.4 Å². The van der Waals surface area contributed by atoms with Crippen LogP contribution < -0.4 is 5.73 Å². The predicted molar refractivity (Wildman–Crippen MR) is 30.3 cm³/mol. The van der Waals surface area contributed by atoms with Gasteiger partial charge in [0.05, 0.1) is 0 Å². The van der Waals surface area contributed by atoms with E-state index in [-0.39, 0.29) is 0 Å². The van der Waals surface area contributed by atoms with Crippen LogP contribution in [-0.4, -0.2) is 21.2 Å². The summed E-state index contributed by atoms with van der Waals surface area (Å²) in [7, 11) is 0. The Kier molecular flexibility index (Phi) is 4.02. The van der Waals surface area contributed by atoms with Crippen LogP contribution in [0.15, 0.2) is 0 Å². The molecule has 0 spiro atoms. The van der Waals surface area contributed by atoms with Gasteiger partial charge in [0.2, 0.25) is 0 Å². The fourth-order valence-corrected chi connectivity index (χ4v) is 1.16. The Morgan fingerprint density at radius 1 is 1.50 bits per heavy atom. The van der Waals surface area contributed by atoms with Crippen molar-refractivity contribution in [3.8, 4) is 0 Å². The topological polar surface area (TPSA) is 23.8 Å². The summed E-state index contributed by atoms with van der Waals surface area (Å²) in [6.45, 7) is 0.646.